The van der Waals surface area contributed by atoms with E-state index in [1.54, 1.807) is 6.92 Å². The molecule has 0 unspecified atom stereocenters. The van der Waals surface area contributed by atoms with Crippen molar-refractivity contribution in [2.45, 2.75) is 46.1 Å². The first-order chi connectivity index (χ1) is 14.0. The van der Waals surface area contributed by atoms with Crippen molar-refractivity contribution in [3.05, 3.63) is 51.4 Å². The van der Waals surface area contributed by atoms with Gasteiger partial charge in [-0.05, 0) is 63.7 Å². The summed E-state index contributed by atoms with van der Waals surface area (Å²) in [5, 5.41) is 0. The lowest BCUT2D eigenvalue weighted by atomic mass is 9.95. The third kappa shape index (κ3) is 4.58. The maximum atomic E-state index is 12.1. The molecule has 1 amide bonds. The predicted molar refractivity (Wildman–Crippen MR) is 114 cm³/mol. The number of carbonyl (C=O) groups excluding carboxylic acids is 1. The smallest absolute Gasteiger partial charge is 0.254 e. The molecule has 4 rings (SSSR count). The maximum absolute atomic E-state index is 12.1. The molecule has 1 aromatic carbocycles. The molecule has 154 valence electrons. The Bertz CT molecular complexity index is 944. The van der Waals surface area contributed by atoms with Gasteiger partial charge in [0.05, 0.1) is 0 Å². The van der Waals surface area contributed by atoms with Gasteiger partial charge in [0.25, 0.3) is 5.56 Å². The number of benzene rings is 1. The topological polar surface area (TPSA) is 69.3 Å². The SMILES string of the molecule is Cc1nc(-c2cccc(CN3CCC(CN4CCCC4=O)CC3)c2)[nH]c(=O)c1C. The number of hydrogen-bond donors (Lipinski definition) is 1. The van der Waals surface area contributed by atoms with E-state index in [1.807, 2.05) is 19.1 Å². The van der Waals surface area contributed by atoms with E-state index in [0.717, 1.165) is 69.7 Å². The van der Waals surface area contributed by atoms with Gasteiger partial charge in [0.2, 0.25) is 5.91 Å². The molecule has 2 fully saturated rings. The first kappa shape index (κ1) is 19.8. The van der Waals surface area contributed by atoms with E-state index in [-0.39, 0.29) is 5.56 Å². The second-order valence-electron chi connectivity index (χ2n) is 8.49. The molecule has 2 aliphatic heterocycles. The highest BCUT2D eigenvalue weighted by atomic mass is 16.2. The Hall–Kier alpha value is -2.47. The van der Waals surface area contributed by atoms with Crippen molar-refractivity contribution in [1.82, 2.24) is 19.8 Å². The van der Waals surface area contributed by atoms with E-state index < -0.39 is 0 Å². The van der Waals surface area contributed by atoms with E-state index in [2.05, 4.69) is 31.9 Å². The Morgan fingerprint density at radius 1 is 1.14 bits per heavy atom. The number of nitrogens with one attached hydrogen (secondary N) is 1. The zero-order chi connectivity index (χ0) is 20.4. The van der Waals surface area contributed by atoms with Gasteiger partial charge < -0.3 is 9.88 Å². The second kappa shape index (κ2) is 8.49. The highest BCUT2D eigenvalue weighted by Crippen LogP contribution is 2.23. The zero-order valence-electron chi connectivity index (χ0n) is 17.4. The van der Waals surface area contributed by atoms with Crippen molar-refractivity contribution >= 4 is 5.91 Å². The number of aryl methyl sites for hydroxylation is 1. The number of piperidine rings is 1. The minimum atomic E-state index is -0.0727. The van der Waals surface area contributed by atoms with E-state index in [9.17, 15) is 9.59 Å². The summed E-state index contributed by atoms with van der Waals surface area (Å²) in [6, 6.07) is 8.29. The number of nitrogens with zero attached hydrogens (tertiary/aromatic N) is 3. The monoisotopic (exact) mass is 394 g/mol. The van der Waals surface area contributed by atoms with Crippen LogP contribution in [-0.4, -0.2) is 51.9 Å². The average molecular weight is 395 g/mol. The summed E-state index contributed by atoms with van der Waals surface area (Å²) >= 11 is 0. The molecule has 29 heavy (non-hydrogen) atoms. The van der Waals surface area contributed by atoms with Gasteiger partial charge in [-0.25, -0.2) is 4.98 Å². The quantitative estimate of drug-likeness (QED) is 0.847. The number of hydrogen-bond acceptors (Lipinski definition) is 4. The largest absolute Gasteiger partial charge is 0.342 e. The lowest BCUT2D eigenvalue weighted by molar-refractivity contribution is -0.128. The molecule has 0 radical (unpaired) electrons. The molecule has 6 heteroatoms. The second-order valence-corrected chi connectivity index (χ2v) is 8.49. The zero-order valence-corrected chi connectivity index (χ0v) is 17.4. The van der Waals surface area contributed by atoms with Gasteiger partial charge in [-0.3, -0.25) is 14.5 Å². The molecule has 1 aromatic heterocycles. The first-order valence-electron chi connectivity index (χ1n) is 10.7. The molecule has 0 aliphatic carbocycles. The van der Waals surface area contributed by atoms with Gasteiger partial charge >= 0.3 is 0 Å². The third-order valence-corrected chi connectivity index (χ3v) is 6.36. The summed E-state index contributed by atoms with van der Waals surface area (Å²) in [7, 11) is 0. The van der Waals surface area contributed by atoms with E-state index in [0.29, 0.717) is 23.2 Å². The Morgan fingerprint density at radius 3 is 2.62 bits per heavy atom. The number of amides is 1. The van der Waals surface area contributed by atoms with Crippen LogP contribution < -0.4 is 5.56 Å². The van der Waals surface area contributed by atoms with Crippen molar-refractivity contribution in [2.75, 3.05) is 26.2 Å². The fraction of sp³-hybridized carbons (Fsp3) is 0.522. The Balaban J connectivity index is 1.37. The normalized spacial score (nSPS) is 18.6. The summed E-state index contributed by atoms with van der Waals surface area (Å²) in [5.41, 5.74) is 3.55. The molecule has 3 heterocycles. The highest BCUT2D eigenvalue weighted by molar-refractivity contribution is 5.78. The number of aromatic nitrogens is 2. The van der Waals surface area contributed by atoms with Gasteiger partial charge in [-0.1, -0.05) is 18.2 Å². The fourth-order valence-electron chi connectivity index (χ4n) is 4.39. The standard InChI is InChI=1S/C23H30N4O2/c1-16-17(2)24-22(25-23(16)29)20-6-3-5-19(13-20)14-26-11-8-18(9-12-26)15-27-10-4-7-21(27)28/h3,5-6,13,18H,4,7-12,14-15H2,1-2H3,(H,24,25,29). The minimum absolute atomic E-state index is 0.0727. The lowest BCUT2D eigenvalue weighted by Crippen LogP contribution is -2.38. The minimum Gasteiger partial charge on any atom is -0.342 e. The van der Waals surface area contributed by atoms with Crippen LogP contribution in [0.2, 0.25) is 0 Å². The third-order valence-electron chi connectivity index (χ3n) is 6.36. The number of aromatic amines is 1. The number of rotatable bonds is 5. The molecule has 2 saturated heterocycles. The molecule has 0 bridgehead atoms. The van der Waals surface area contributed by atoms with Crippen LogP contribution in [0.1, 0.15) is 42.5 Å². The molecule has 0 spiro atoms. The molecule has 6 nitrogen and oxygen atoms in total. The summed E-state index contributed by atoms with van der Waals surface area (Å²) in [5.74, 6) is 1.60. The predicted octanol–water partition coefficient (Wildman–Crippen LogP) is 2.89. The number of H-pyrrole nitrogens is 1. The molecular weight excluding hydrogens is 364 g/mol. The summed E-state index contributed by atoms with van der Waals surface area (Å²) < 4.78 is 0. The number of carbonyl (C=O) groups is 1. The van der Waals surface area contributed by atoms with E-state index in [1.165, 1.54) is 5.56 Å². The highest BCUT2D eigenvalue weighted by Gasteiger charge is 2.26. The molecule has 2 aromatic rings. The average Bonchev–Trinajstić information content (AvgIpc) is 3.12. The lowest BCUT2D eigenvalue weighted by Gasteiger charge is -2.34. The van der Waals surface area contributed by atoms with Crippen LogP contribution >= 0.6 is 0 Å². The molecular formula is C23H30N4O2. The summed E-state index contributed by atoms with van der Waals surface area (Å²) in [6.45, 7) is 8.58. The molecule has 0 atom stereocenters. The summed E-state index contributed by atoms with van der Waals surface area (Å²) in [4.78, 5) is 35.9. The van der Waals surface area contributed by atoms with E-state index >= 15 is 0 Å². The van der Waals surface area contributed by atoms with Crippen molar-refractivity contribution < 1.29 is 4.79 Å². The Labute approximate surface area is 172 Å². The fourth-order valence-corrected chi connectivity index (χ4v) is 4.39. The van der Waals surface area contributed by atoms with Crippen molar-refractivity contribution in [1.29, 1.82) is 0 Å². The van der Waals surface area contributed by atoms with Gasteiger partial charge in [0, 0.05) is 42.9 Å². The van der Waals surface area contributed by atoms with Crippen LogP contribution in [0.3, 0.4) is 0 Å². The van der Waals surface area contributed by atoms with Crippen LogP contribution in [0.4, 0.5) is 0 Å². The number of likely N-dealkylation sites (tertiary alicyclic amines) is 2. The van der Waals surface area contributed by atoms with Crippen LogP contribution in [0.5, 0.6) is 0 Å². The van der Waals surface area contributed by atoms with Gasteiger partial charge in [-0.2, -0.15) is 0 Å². The maximum Gasteiger partial charge on any atom is 0.254 e. The van der Waals surface area contributed by atoms with Crippen molar-refractivity contribution in [3.63, 3.8) is 0 Å². The molecule has 0 saturated carbocycles. The van der Waals surface area contributed by atoms with Gasteiger partial charge in [0.1, 0.15) is 5.82 Å². The Kier molecular flexibility index (Phi) is 5.81. The van der Waals surface area contributed by atoms with Crippen molar-refractivity contribution in [3.8, 4) is 11.4 Å². The van der Waals surface area contributed by atoms with Gasteiger partial charge in [0.15, 0.2) is 0 Å². The van der Waals surface area contributed by atoms with Crippen LogP contribution in [0.25, 0.3) is 11.4 Å². The summed E-state index contributed by atoms with van der Waals surface area (Å²) in [6.07, 6.45) is 4.05. The molecule has 1 N–H and O–H groups in total. The Morgan fingerprint density at radius 2 is 1.93 bits per heavy atom. The van der Waals surface area contributed by atoms with Crippen LogP contribution in [-0.2, 0) is 11.3 Å². The first-order valence-corrected chi connectivity index (χ1v) is 10.7. The van der Waals surface area contributed by atoms with Crippen LogP contribution in [0, 0.1) is 19.8 Å². The van der Waals surface area contributed by atoms with Crippen molar-refractivity contribution in [2.24, 2.45) is 5.92 Å². The van der Waals surface area contributed by atoms with Gasteiger partial charge in [-0.15, -0.1) is 0 Å². The molecule has 2 aliphatic rings. The van der Waals surface area contributed by atoms with Crippen LogP contribution in [0.15, 0.2) is 29.1 Å². The van der Waals surface area contributed by atoms with E-state index in [4.69, 9.17) is 0 Å².